The number of hydrogen-bond donors (Lipinski definition) is 1. The molecule has 3 aliphatic carbocycles. The summed E-state index contributed by atoms with van der Waals surface area (Å²) in [5.41, 5.74) is 0.467. The van der Waals surface area contributed by atoms with E-state index in [1.807, 2.05) is 0 Å². The molecule has 0 aromatic rings. The summed E-state index contributed by atoms with van der Waals surface area (Å²) in [5, 5.41) is 9.30. The molecule has 4 atom stereocenters. The molecule has 1 N–H and O–H groups in total. The summed E-state index contributed by atoms with van der Waals surface area (Å²) in [4.78, 5) is 0. The second-order valence-corrected chi connectivity index (χ2v) is 6.55. The SMILES string of the molecule is CC1(C)C2CC(C3OCCO3)[C@H](CCO)C1C2. The van der Waals surface area contributed by atoms with Crippen LogP contribution in [0.4, 0.5) is 0 Å². The van der Waals surface area contributed by atoms with Crippen LogP contribution in [0.2, 0.25) is 0 Å². The number of ether oxygens (including phenoxy) is 2. The molecule has 98 valence electrons. The van der Waals surface area contributed by atoms with Crippen LogP contribution in [-0.2, 0) is 9.47 Å². The average molecular weight is 240 g/mol. The number of hydrogen-bond acceptors (Lipinski definition) is 3. The van der Waals surface area contributed by atoms with Crippen molar-refractivity contribution in [1.82, 2.24) is 0 Å². The zero-order chi connectivity index (χ0) is 12.0. The van der Waals surface area contributed by atoms with Crippen molar-refractivity contribution in [3.63, 3.8) is 0 Å². The average Bonchev–Trinajstić information content (AvgIpc) is 2.82. The molecule has 17 heavy (non-hydrogen) atoms. The van der Waals surface area contributed by atoms with Gasteiger partial charge in [-0.1, -0.05) is 13.8 Å². The van der Waals surface area contributed by atoms with Gasteiger partial charge in [-0.25, -0.2) is 0 Å². The highest BCUT2D eigenvalue weighted by Crippen LogP contribution is 2.64. The molecule has 1 heterocycles. The third kappa shape index (κ3) is 1.74. The highest BCUT2D eigenvalue weighted by Gasteiger charge is 2.59. The molecule has 3 saturated carbocycles. The molecule has 0 amide bonds. The molecule has 0 spiro atoms. The van der Waals surface area contributed by atoms with E-state index in [2.05, 4.69) is 13.8 Å². The van der Waals surface area contributed by atoms with Crippen molar-refractivity contribution >= 4 is 0 Å². The molecular weight excluding hydrogens is 216 g/mol. The highest BCUT2D eigenvalue weighted by atomic mass is 16.7. The van der Waals surface area contributed by atoms with Gasteiger partial charge in [0.15, 0.2) is 6.29 Å². The van der Waals surface area contributed by atoms with E-state index in [9.17, 15) is 5.11 Å². The fraction of sp³-hybridized carbons (Fsp3) is 1.00. The Bertz CT molecular complexity index is 283. The van der Waals surface area contributed by atoms with E-state index in [1.165, 1.54) is 12.8 Å². The smallest absolute Gasteiger partial charge is 0.160 e. The van der Waals surface area contributed by atoms with E-state index in [-0.39, 0.29) is 6.29 Å². The second kappa shape index (κ2) is 4.22. The van der Waals surface area contributed by atoms with Gasteiger partial charge in [-0.3, -0.25) is 0 Å². The first kappa shape index (κ1) is 11.9. The van der Waals surface area contributed by atoms with Gasteiger partial charge in [0.2, 0.25) is 0 Å². The minimum Gasteiger partial charge on any atom is -0.396 e. The quantitative estimate of drug-likeness (QED) is 0.820. The number of aliphatic hydroxyl groups excluding tert-OH is 1. The van der Waals surface area contributed by atoms with Gasteiger partial charge >= 0.3 is 0 Å². The van der Waals surface area contributed by atoms with Gasteiger partial charge in [-0.05, 0) is 42.4 Å². The molecule has 1 aliphatic heterocycles. The van der Waals surface area contributed by atoms with Crippen LogP contribution in [0.25, 0.3) is 0 Å². The lowest BCUT2D eigenvalue weighted by Gasteiger charge is -2.63. The van der Waals surface area contributed by atoms with E-state index in [4.69, 9.17) is 9.47 Å². The number of rotatable bonds is 3. The summed E-state index contributed by atoms with van der Waals surface area (Å²) in [6.45, 7) is 6.56. The molecule has 3 heteroatoms. The Morgan fingerprint density at radius 1 is 1.18 bits per heavy atom. The maximum atomic E-state index is 9.30. The van der Waals surface area contributed by atoms with E-state index >= 15 is 0 Å². The molecule has 0 aromatic carbocycles. The maximum absolute atomic E-state index is 9.30. The van der Waals surface area contributed by atoms with Crippen LogP contribution in [0.1, 0.15) is 33.1 Å². The Balaban J connectivity index is 1.76. The first-order chi connectivity index (χ1) is 8.14. The van der Waals surface area contributed by atoms with Crippen molar-refractivity contribution in [3.8, 4) is 0 Å². The van der Waals surface area contributed by atoms with Crippen LogP contribution in [0, 0.1) is 29.1 Å². The molecule has 4 aliphatic rings. The van der Waals surface area contributed by atoms with Gasteiger partial charge < -0.3 is 14.6 Å². The van der Waals surface area contributed by atoms with Crippen LogP contribution >= 0.6 is 0 Å². The Labute approximate surface area is 103 Å². The summed E-state index contributed by atoms with van der Waals surface area (Å²) in [7, 11) is 0. The predicted molar refractivity (Wildman–Crippen MR) is 64.4 cm³/mol. The summed E-state index contributed by atoms with van der Waals surface area (Å²) >= 11 is 0. The van der Waals surface area contributed by atoms with Crippen molar-refractivity contribution in [2.24, 2.45) is 29.1 Å². The lowest BCUT2D eigenvalue weighted by Crippen LogP contribution is -2.58. The summed E-state index contributed by atoms with van der Waals surface area (Å²) in [6.07, 6.45) is 3.49. The van der Waals surface area contributed by atoms with E-state index < -0.39 is 0 Å². The molecule has 2 bridgehead atoms. The van der Waals surface area contributed by atoms with Gasteiger partial charge in [-0.15, -0.1) is 0 Å². The standard InChI is InChI=1S/C14H24O3/c1-14(2)9-7-11(13-16-5-6-17-13)10(3-4-15)12(14)8-9/h9-13,15H,3-8H2,1-2H3/t9?,10-,11?,12?/m0/s1. The van der Waals surface area contributed by atoms with E-state index in [1.54, 1.807) is 0 Å². The lowest BCUT2D eigenvalue weighted by atomic mass is 9.42. The van der Waals surface area contributed by atoms with Gasteiger partial charge in [0.25, 0.3) is 0 Å². The Hall–Kier alpha value is -0.120. The number of aliphatic hydroxyl groups is 1. The lowest BCUT2D eigenvalue weighted by molar-refractivity contribution is -0.201. The monoisotopic (exact) mass is 240 g/mol. The maximum Gasteiger partial charge on any atom is 0.160 e. The van der Waals surface area contributed by atoms with Gasteiger partial charge in [0.05, 0.1) is 13.2 Å². The Kier molecular flexibility index (Phi) is 2.96. The van der Waals surface area contributed by atoms with Crippen molar-refractivity contribution in [2.75, 3.05) is 19.8 Å². The second-order valence-electron chi connectivity index (χ2n) is 6.55. The molecule has 4 rings (SSSR count). The van der Waals surface area contributed by atoms with Crippen molar-refractivity contribution < 1.29 is 14.6 Å². The van der Waals surface area contributed by atoms with Crippen LogP contribution < -0.4 is 0 Å². The third-order valence-electron chi connectivity index (χ3n) is 5.63. The fourth-order valence-electron chi connectivity index (χ4n) is 4.49. The van der Waals surface area contributed by atoms with Crippen LogP contribution in [0.3, 0.4) is 0 Å². The first-order valence-electron chi connectivity index (χ1n) is 6.98. The largest absolute Gasteiger partial charge is 0.396 e. The Morgan fingerprint density at radius 2 is 1.88 bits per heavy atom. The van der Waals surface area contributed by atoms with Crippen LogP contribution in [0.5, 0.6) is 0 Å². The first-order valence-corrected chi connectivity index (χ1v) is 6.98. The molecule has 0 aromatic heterocycles. The van der Waals surface area contributed by atoms with Crippen molar-refractivity contribution in [3.05, 3.63) is 0 Å². The van der Waals surface area contributed by atoms with Crippen molar-refractivity contribution in [1.29, 1.82) is 0 Å². The Morgan fingerprint density at radius 3 is 2.47 bits per heavy atom. The van der Waals surface area contributed by atoms with Crippen molar-refractivity contribution in [2.45, 2.75) is 39.4 Å². The van der Waals surface area contributed by atoms with E-state index in [0.717, 1.165) is 31.5 Å². The minimum atomic E-state index is 0.00736. The fourth-order valence-corrected chi connectivity index (χ4v) is 4.49. The molecule has 1 saturated heterocycles. The summed E-state index contributed by atoms with van der Waals surface area (Å²) in [5.74, 6) is 2.69. The minimum absolute atomic E-state index is 0.00736. The molecule has 0 radical (unpaired) electrons. The molecule has 3 unspecified atom stereocenters. The van der Waals surface area contributed by atoms with Gasteiger partial charge in [-0.2, -0.15) is 0 Å². The topological polar surface area (TPSA) is 38.7 Å². The van der Waals surface area contributed by atoms with Crippen LogP contribution in [-0.4, -0.2) is 31.2 Å². The van der Waals surface area contributed by atoms with Gasteiger partial charge in [0.1, 0.15) is 0 Å². The number of fused-ring (bicyclic) bond motifs is 2. The molecule has 3 nitrogen and oxygen atoms in total. The molecular formula is C14H24O3. The zero-order valence-corrected chi connectivity index (χ0v) is 10.9. The summed E-state index contributed by atoms with van der Waals surface area (Å²) < 4.78 is 11.4. The predicted octanol–water partition coefficient (Wildman–Crippen LogP) is 2.04. The summed E-state index contributed by atoms with van der Waals surface area (Å²) in [6, 6.07) is 0. The van der Waals surface area contributed by atoms with Crippen LogP contribution in [0.15, 0.2) is 0 Å². The highest BCUT2D eigenvalue weighted by molar-refractivity contribution is 5.06. The van der Waals surface area contributed by atoms with E-state index in [0.29, 0.717) is 23.9 Å². The normalized spacial score (nSPS) is 44.6. The van der Waals surface area contributed by atoms with Gasteiger partial charge in [0, 0.05) is 12.5 Å². The zero-order valence-electron chi connectivity index (χ0n) is 10.9. The molecule has 4 fully saturated rings. The third-order valence-corrected chi connectivity index (χ3v) is 5.63.